The predicted molar refractivity (Wildman–Crippen MR) is 79.5 cm³/mol. The van der Waals surface area contributed by atoms with Crippen LogP contribution in [0, 0.1) is 0 Å². The highest BCUT2D eigenvalue weighted by atomic mass is 16.5. The predicted octanol–water partition coefficient (Wildman–Crippen LogP) is 2.54. The third kappa shape index (κ3) is 3.53. The van der Waals surface area contributed by atoms with Crippen LogP contribution in [0.2, 0.25) is 0 Å². The molecule has 1 aromatic carbocycles. The fourth-order valence-electron chi connectivity index (χ4n) is 2.14. The van der Waals surface area contributed by atoms with Gasteiger partial charge in [-0.25, -0.2) is 9.78 Å². The Hall–Kier alpha value is -2.50. The summed E-state index contributed by atoms with van der Waals surface area (Å²) < 4.78 is 7.00. The number of ether oxygens (including phenoxy) is 1. The molecular formula is C15H19N3O3. The van der Waals surface area contributed by atoms with Crippen LogP contribution in [-0.2, 0) is 11.3 Å². The Morgan fingerprint density at radius 1 is 1.52 bits per heavy atom. The first-order valence-corrected chi connectivity index (χ1v) is 6.79. The number of rotatable bonds is 7. The second-order valence-electron chi connectivity index (χ2n) is 4.66. The molecule has 0 saturated heterocycles. The molecule has 6 nitrogen and oxygen atoms in total. The third-order valence-corrected chi connectivity index (χ3v) is 3.13. The van der Waals surface area contributed by atoms with Crippen molar-refractivity contribution in [1.82, 2.24) is 9.55 Å². The standard InChI is InChI=1S/C15H19N3O3/c1-3-7-18-10-16-9-13(18)14(15(19)20)17-11-5-4-6-12(8-11)21-2/h4-6,8-10,14,17H,3,7H2,1-2H3,(H,19,20). The maximum Gasteiger partial charge on any atom is 0.332 e. The summed E-state index contributed by atoms with van der Waals surface area (Å²) in [5, 5.41) is 12.5. The van der Waals surface area contributed by atoms with Gasteiger partial charge >= 0.3 is 5.97 Å². The van der Waals surface area contributed by atoms with Crippen LogP contribution >= 0.6 is 0 Å². The van der Waals surface area contributed by atoms with Crippen LogP contribution in [0.15, 0.2) is 36.8 Å². The lowest BCUT2D eigenvalue weighted by molar-refractivity contribution is -0.138. The number of hydrogen-bond donors (Lipinski definition) is 2. The summed E-state index contributed by atoms with van der Waals surface area (Å²) in [6.45, 7) is 2.77. The van der Waals surface area contributed by atoms with Crippen molar-refractivity contribution in [2.75, 3.05) is 12.4 Å². The lowest BCUT2D eigenvalue weighted by Gasteiger charge is -2.18. The summed E-state index contributed by atoms with van der Waals surface area (Å²) in [7, 11) is 1.57. The summed E-state index contributed by atoms with van der Waals surface area (Å²) in [4.78, 5) is 15.6. The zero-order valence-corrected chi connectivity index (χ0v) is 12.1. The maximum atomic E-state index is 11.6. The first-order valence-electron chi connectivity index (χ1n) is 6.79. The van der Waals surface area contributed by atoms with Crippen LogP contribution < -0.4 is 10.1 Å². The van der Waals surface area contributed by atoms with Gasteiger partial charge in [0.2, 0.25) is 0 Å². The average molecular weight is 289 g/mol. The Morgan fingerprint density at radius 3 is 3.00 bits per heavy atom. The highest BCUT2D eigenvalue weighted by molar-refractivity contribution is 5.78. The number of benzene rings is 1. The van der Waals surface area contributed by atoms with E-state index in [2.05, 4.69) is 10.3 Å². The molecule has 0 aliphatic heterocycles. The van der Waals surface area contributed by atoms with Crippen molar-refractivity contribution in [3.63, 3.8) is 0 Å². The van der Waals surface area contributed by atoms with Gasteiger partial charge < -0.3 is 19.7 Å². The number of hydrogen-bond acceptors (Lipinski definition) is 4. The van der Waals surface area contributed by atoms with Gasteiger partial charge in [-0.2, -0.15) is 0 Å². The number of nitrogens with one attached hydrogen (secondary N) is 1. The second kappa shape index (κ2) is 6.78. The van der Waals surface area contributed by atoms with Crippen LogP contribution in [0.5, 0.6) is 5.75 Å². The van der Waals surface area contributed by atoms with E-state index >= 15 is 0 Å². The SMILES string of the molecule is CCCn1cncc1C(Nc1cccc(OC)c1)C(=O)O. The van der Waals surface area contributed by atoms with Gasteiger partial charge in [-0.3, -0.25) is 0 Å². The molecule has 0 radical (unpaired) electrons. The zero-order valence-electron chi connectivity index (χ0n) is 12.1. The topological polar surface area (TPSA) is 76.4 Å². The minimum atomic E-state index is -0.948. The molecule has 0 amide bonds. The molecule has 6 heteroatoms. The highest BCUT2D eigenvalue weighted by Gasteiger charge is 2.23. The van der Waals surface area contributed by atoms with Gasteiger partial charge in [-0.1, -0.05) is 13.0 Å². The number of carboxylic acids is 1. The maximum absolute atomic E-state index is 11.6. The number of carbonyl (C=O) groups is 1. The molecule has 0 aliphatic carbocycles. The summed E-state index contributed by atoms with van der Waals surface area (Å²) >= 11 is 0. The van der Waals surface area contributed by atoms with Gasteiger partial charge in [0, 0.05) is 18.3 Å². The number of aryl methyl sites for hydroxylation is 1. The van der Waals surface area contributed by atoms with Crippen molar-refractivity contribution in [3.8, 4) is 5.75 Å². The monoisotopic (exact) mass is 289 g/mol. The number of carboxylic acid groups (broad SMARTS) is 1. The summed E-state index contributed by atoms with van der Waals surface area (Å²) in [5.74, 6) is -0.276. The molecule has 1 unspecified atom stereocenters. The Morgan fingerprint density at radius 2 is 2.33 bits per heavy atom. The lowest BCUT2D eigenvalue weighted by Crippen LogP contribution is -2.23. The smallest absolute Gasteiger partial charge is 0.332 e. The van der Waals surface area contributed by atoms with E-state index in [1.165, 1.54) is 0 Å². The Bertz CT molecular complexity index is 610. The molecule has 21 heavy (non-hydrogen) atoms. The fourth-order valence-corrected chi connectivity index (χ4v) is 2.14. The summed E-state index contributed by atoms with van der Waals surface area (Å²) in [6.07, 6.45) is 4.15. The van der Waals surface area contributed by atoms with E-state index in [0.717, 1.165) is 13.0 Å². The molecule has 112 valence electrons. The van der Waals surface area contributed by atoms with E-state index in [1.54, 1.807) is 31.8 Å². The number of nitrogens with zero attached hydrogens (tertiary/aromatic N) is 2. The first kappa shape index (κ1) is 14.9. The van der Waals surface area contributed by atoms with Crippen LogP contribution in [0.3, 0.4) is 0 Å². The number of aliphatic carboxylic acids is 1. The molecule has 2 rings (SSSR count). The van der Waals surface area contributed by atoms with Crippen molar-refractivity contribution >= 4 is 11.7 Å². The van der Waals surface area contributed by atoms with Gasteiger partial charge in [0.1, 0.15) is 5.75 Å². The normalized spacial score (nSPS) is 11.9. The molecule has 0 bridgehead atoms. The zero-order chi connectivity index (χ0) is 15.2. The van der Waals surface area contributed by atoms with Gasteiger partial charge in [0.15, 0.2) is 6.04 Å². The van der Waals surface area contributed by atoms with Crippen LogP contribution in [0.1, 0.15) is 25.1 Å². The molecular weight excluding hydrogens is 270 g/mol. The van der Waals surface area contributed by atoms with Crippen molar-refractivity contribution in [2.24, 2.45) is 0 Å². The van der Waals surface area contributed by atoms with Gasteiger partial charge in [-0.15, -0.1) is 0 Å². The van der Waals surface area contributed by atoms with Crippen molar-refractivity contribution < 1.29 is 14.6 Å². The van der Waals surface area contributed by atoms with Crippen molar-refractivity contribution in [3.05, 3.63) is 42.5 Å². The molecule has 0 saturated carbocycles. The largest absolute Gasteiger partial charge is 0.497 e. The second-order valence-corrected chi connectivity index (χ2v) is 4.66. The van der Waals surface area contributed by atoms with E-state index in [1.807, 2.05) is 23.6 Å². The van der Waals surface area contributed by atoms with E-state index in [-0.39, 0.29) is 0 Å². The Balaban J connectivity index is 2.26. The molecule has 0 spiro atoms. The number of anilines is 1. The average Bonchev–Trinajstić information content (AvgIpc) is 2.93. The molecule has 2 N–H and O–H groups in total. The van der Waals surface area contributed by atoms with E-state index in [4.69, 9.17) is 4.74 Å². The Kier molecular flexibility index (Phi) is 4.81. The van der Waals surface area contributed by atoms with E-state index in [0.29, 0.717) is 17.1 Å². The van der Waals surface area contributed by atoms with Crippen molar-refractivity contribution in [2.45, 2.75) is 25.9 Å². The summed E-state index contributed by atoms with van der Waals surface area (Å²) in [5.41, 5.74) is 1.32. The minimum absolute atomic E-state index is 0.632. The van der Waals surface area contributed by atoms with Crippen molar-refractivity contribution in [1.29, 1.82) is 0 Å². The van der Waals surface area contributed by atoms with Crippen LogP contribution in [-0.4, -0.2) is 27.7 Å². The molecule has 2 aromatic rings. The molecule has 0 aliphatic rings. The number of methoxy groups -OCH3 is 1. The lowest BCUT2D eigenvalue weighted by atomic mass is 10.2. The molecule has 1 heterocycles. The molecule has 1 aromatic heterocycles. The number of aromatic nitrogens is 2. The van der Waals surface area contributed by atoms with Crippen LogP contribution in [0.25, 0.3) is 0 Å². The third-order valence-electron chi connectivity index (χ3n) is 3.13. The van der Waals surface area contributed by atoms with E-state index in [9.17, 15) is 9.90 Å². The molecule has 1 atom stereocenters. The number of imidazole rings is 1. The first-order chi connectivity index (χ1) is 10.2. The quantitative estimate of drug-likeness (QED) is 0.819. The minimum Gasteiger partial charge on any atom is -0.497 e. The molecule has 0 fully saturated rings. The summed E-state index contributed by atoms with van der Waals surface area (Å²) in [6, 6.07) is 6.33. The highest BCUT2D eigenvalue weighted by Crippen LogP contribution is 2.23. The van der Waals surface area contributed by atoms with Gasteiger partial charge in [0.25, 0.3) is 0 Å². The fraction of sp³-hybridized carbons (Fsp3) is 0.333. The van der Waals surface area contributed by atoms with Crippen LogP contribution in [0.4, 0.5) is 5.69 Å². The van der Waals surface area contributed by atoms with E-state index < -0.39 is 12.0 Å². The van der Waals surface area contributed by atoms with Gasteiger partial charge in [0.05, 0.1) is 25.3 Å². The Labute approximate surface area is 123 Å². The van der Waals surface area contributed by atoms with Gasteiger partial charge in [-0.05, 0) is 18.6 Å².